The Bertz CT molecular complexity index is 445. The number of hydrogen-bond acceptors (Lipinski definition) is 3. The summed E-state index contributed by atoms with van der Waals surface area (Å²) >= 11 is 4.71. The van der Waals surface area contributed by atoms with Gasteiger partial charge in [0.05, 0.1) is 0 Å². The van der Waals surface area contributed by atoms with Gasteiger partial charge in [-0.1, -0.05) is 18.2 Å². The van der Waals surface area contributed by atoms with Crippen molar-refractivity contribution in [3.63, 3.8) is 0 Å². The molecule has 0 fully saturated rings. The summed E-state index contributed by atoms with van der Waals surface area (Å²) in [5.41, 5.74) is 6.17. The summed E-state index contributed by atoms with van der Waals surface area (Å²) in [5.74, 6) is -0.378. The Labute approximate surface area is 98.0 Å². The van der Waals surface area contributed by atoms with E-state index in [0.717, 1.165) is 5.56 Å². The summed E-state index contributed by atoms with van der Waals surface area (Å²) < 4.78 is 0. The molecule has 0 aliphatic rings. The first-order valence-corrected chi connectivity index (χ1v) is 4.89. The molecule has 0 saturated carbocycles. The van der Waals surface area contributed by atoms with Crippen molar-refractivity contribution < 1.29 is 9.59 Å². The lowest BCUT2D eigenvalue weighted by Crippen LogP contribution is -2.44. The molecule has 0 aliphatic heterocycles. The van der Waals surface area contributed by atoms with Crippen molar-refractivity contribution in [2.75, 3.05) is 0 Å². The Morgan fingerprint density at radius 3 is 2.44 bits per heavy atom. The molecule has 0 atom stereocenters. The molecule has 0 unspecified atom stereocenters. The SMILES string of the molecule is Cc1ccccc1C(=O)NC(=S)NC(N)=O. The van der Waals surface area contributed by atoms with Crippen molar-refractivity contribution in [1.82, 2.24) is 10.6 Å². The first kappa shape index (κ1) is 12.1. The molecule has 3 amide bonds. The first-order valence-electron chi connectivity index (χ1n) is 4.48. The van der Waals surface area contributed by atoms with Crippen LogP contribution in [0.3, 0.4) is 0 Å². The Hall–Kier alpha value is -1.95. The van der Waals surface area contributed by atoms with Crippen molar-refractivity contribution in [2.45, 2.75) is 6.92 Å². The van der Waals surface area contributed by atoms with Crippen LogP contribution in [0.1, 0.15) is 15.9 Å². The minimum Gasteiger partial charge on any atom is -0.351 e. The number of aryl methyl sites for hydroxylation is 1. The second kappa shape index (κ2) is 5.22. The van der Waals surface area contributed by atoms with Gasteiger partial charge >= 0.3 is 6.03 Å². The zero-order valence-corrected chi connectivity index (χ0v) is 9.43. The van der Waals surface area contributed by atoms with Gasteiger partial charge in [-0.15, -0.1) is 0 Å². The number of hydrogen-bond donors (Lipinski definition) is 3. The third-order valence-electron chi connectivity index (χ3n) is 1.85. The topological polar surface area (TPSA) is 84.2 Å². The number of benzene rings is 1. The number of nitrogens with two attached hydrogens (primary N) is 1. The van der Waals surface area contributed by atoms with Crippen LogP contribution in [0.15, 0.2) is 24.3 Å². The summed E-state index contributed by atoms with van der Waals surface area (Å²) in [6, 6.07) is 6.23. The van der Waals surface area contributed by atoms with Gasteiger partial charge in [-0.05, 0) is 30.8 Å². The minimum absolute atomic E-state index is 0.110. The molecule has 0 aromatic heterocycles. The van der Waals surface area contributed by atoms with Crippen LogP contribution in [-0.2, 0) is 0 Å². The third kappa shape index (κ3) is 3.32. The van der Waals surface area contributed by atoms with Crippen LogP contribution < -0.4 is 16.4 Å². The normalized spacial score (nSPS) is 9.31. The molecule has 1 aromatic rings. The van der Waals surface area contributed by atoms with Crippen molar-refractivity contribution in [1.29, 1.82) is 0 Å². The predicted molar refractivity (Wildman–Crippen MR) is 64.0 cm³/mol. The van der Waals surface area contributed by atoms with Gasteiger partial charge in [-0.2, -0.15) is 0 Å². The maximum absolute atomic E-state index is 11.7. The quantitative estimate of drug-likeness (QED) is 0.628. The van der Waals surface area contributed by atoms with Crippen LogP contribution in [0.5, 0.6) is 0 Å². The fourth-order valence-corrected chi connectivity index (χ4v) is 1.33. The lowest BCUT2D eigenvalue weighted by Gasteiger charge is -2.08. The van der Waals surface area contributed by atoms with Crippen LogP contribution in [0.2, 0.25) is 0 Å². The number of primary amides is 1. The zero-order chi connectivity index (χ0) is 12.1. The van der Waals surface area contributed by atoms with Crippen LogP contribution in [0.4, 0.5) is 4.79 Å². The van der Waals surface area contributed by atoms with Crippen LogP contribution >= 0.6 is 12.2 Å². The molecule has 84 valence electrons. The van der Waals surface area contributed by atoms with Crippen molar-refractivity contribution in [3.8, 4) is 0 Å². The number of nitrogens with one attached hydrogen (secondary N) is 2. The molecule has 16 heavy (non-hydrogen) atoms. The number of urea groups is 1. The third-order valence-corrected chi connectivity index (χ3v) is 2.06. The summed E-state index contributed by atoms with van der Waals surface area (Å²) in [7, 11) is 0. The molecule has 0 radical (unpaired) electrons. The molecule has 4 N–H and O–H groups in total. The molecule has 5 nitrogen and oxygen atoms in total. The van der Waals surface area contributed by atoms with E-state index < -0.39 is 6.03 Å². The van der Waals surface area contributed by atoms with E-state index in [-0.39, 0.29) is 11.0 Å². The molecule has 1 rings (SSSR count). The molecule has 0 spiro atoms. The fraction of sp³-hybridized carbons (Fsp3) is 0.100. The molecule has 0 heterocycles. The number of carbonyl (C=O) groups excluding carboxylic acids is 2. The van der Waals surface area contributed by atoms with Gasteiger partial charge < -0.3 is 5.73 Å². The molecule has 0 aliphatic carbocycles. The van der Waals surface area contributed by atoms with Crippen LogP contribution in [0, 0.1) is 6.92 Å². The largest absolute Gasteiger partial charge is 0.351 e. The monoisotopic (exact) mass is 237 g/mol. The van der Waals surface area contributed by atoms with E-state index in [4.69, 9.17) is 18.0 Å². The van der Waals surface area contributed by atoms with E-state index in [1.807, 2.05) is 6.07 Å². The molecular weight excluding hydrogens is 226 g/mol. The van der Waals surface area contributed by atoms with Gasteiger partial charge in [0.1, 0.15) is 0 Å². The van der Waals surface area contributed by atoms with Crippen molar-refractivity contribution >= 4 is 29.3 Å². The van der Waals surface area contributed by atoms with E-state index in [0.29, 0.717) is 5.56 Å². The molecular formula is C10H11N3O2S. The van der Waals surface area contributed by atoms with Crippen molar-refractivity contribution in [3.05, 3.63) is 35.4 Å². The van der Waals surface area contributed by atoms with E-state index >= 15 is 0 Å². The Morgan fingerprint density at radius 1 is 1.25 bits per heavy atom. The van der Waals surface area contributed by atoms with Gasteiger partial charge in [0.2, 0.25) is 0 Å². The lowest BCUT2D eigenvalue weighted by atomic mass is 10.1. The number of rotatable bonds is 1. The summed E-state index contributed by atoms with van der Waals surface area (Å²) in [4.78, 5) is 22.1. The summed E-state index contributed by atoms with van der Waals surface area (Å²) in [6.45, 7) is 1.81. The van der Waals surface area contributed by atoms with Crippen LogP contribution in [-0.4, -0.2) is 17.1 Å². The first-order chi connectivity index (χ1) is 7.50. The number of amides is 3. The maximum Gasteiger partial charge on any atom is 0.318 e. The second-order valence-electron chi connectivity index (χ2n) is 3.09. The highest BCUT2D eigenvalue weighted by atomic mass is 32.1. The predicted octanol–water partition coefficient (Wildman–Crippen LogP) is 0.678. The Balaban J connectivity index is 2.70. The minimum atomic E-state index is -0.810. The average Bonchev–Trinajstić information content (AvgIpc) is 2.16. The highest BCUT2D eigenvalue weighted by Gasteiger charge is 2.10. The Morgan fingerprint density at radius 2 is 1.88 bits per heavy atom. The van der Waals surface area contributed by atoms with Gasteiger partial charge in [-0.25, -0.2) is 4.79 Å². The number of thiocarbonyl (C=S) groups is 1. The average molecular weight is 237 g/mol. The van der Waals surface area contributed by atoms with E-state index in [1.165, 1.54) is 0 Å². The van der Waals surface area contributed by atoms with Crippen molar-refractivity contribution in [2.24, 2.45) is 5.73 Å². The van der Waals surface area contributed by atoms with Crippen LogP contribution in [0.25, 0.3) is 0 Å². The molecule has 6 heteroatoms. The molecule has 1 aromatic carbocycles. The second-order valence-corrected chi connectivity index (χ2v) is 3.50. The number of carbonyl (C=O) groups is 2. The summed E-state index contributed by atoms with van der Waals surface area (Å²) in [5, 5.41) is 4.34. The van der Waals surface area contributed by atoms with E-state index in [2.05, 4.69) is 10.6 Å². The fourth-order valence-electron chi connectivity index (χ4n) is 1.14. The molecule has 0 saturated heterocycles. The lowest BCUT2D eigenvalue weighted by molar-refractivity contribution is 0.0976. The highest BCUT2D eigenvalue weighted by Crippen LogP contribution is 2.06. The molecule has 0 bridgehead atoms. The maximum atomic E-state index is 11.7. The van der Waals surface area contributed by atoms with Gasteiger partial charge in [0.25, 0.3) is 5.91 Å². The standard InChI is InChI=1S/C10H11N3O2S/c1-6-4-2-3-5-7(6)8(14)12-10(16)13-9(11)15/h2-5H,1H3,(H4,11,12,13,14,15,16). The zero-order valence-electron chi connectivity index (χ0n) is 8.61. The van der Waals surface area contributed by atoms with E-state index in [9.17, 15) is 9.59 Å². The van der Waals surface area contributed by atoms with Gasteiger partial charge in [0, 0.05) is 5.56 Å². The highest BCUT2D eigenvalue weighted by molar-refractivity contribution is 7.80. The van der Waals surface area contributed by atoms with Gasteiger partial charge in [-0.3, -0.25) is 15.4 Å². The summed E-state index contributed by atoms with van der Waals surface area (Å²) in [6.07, 6.45) is 0. The van der Waals surface area contributed by atoms with Gasteiger partial charge in [0.15, 0.2) is 5.11 Å². The smallest absolute Gasteiger partial charge is 0.318 e. The van der Waals surface area contributed by atoms with E-state index in [1.54, 1.807) is 25.1 Å². The Kier molecular flexibility index (Phi) is 3.96.